The molecule has 0 heterocycles. The van der Waals surface area contributed by atoms with E-state index in [9.17, 15) is 9.59 Å². The van der Waals surface area contributed by atoms with Crippen LogP contribution in [0.5, 0.6) is 5.75 Å². The molecule has 0 fully saturated rings. The Morgan fingerprint density at radius 1 is 1.21 bits per heavy atom. The van der Waals surface area contributed by atoms with Gasteiger partial charge in [-0.25, -0.2) is 0 Å². The Balaban J connectivity index is 2.15. The van der Waals surface area contributed by atoms with Crippen LogP contribution < -0.4 is 10.5 Å². The van der Waals surface area contributed by atoms with Gasteiger partial charge in [0.2, 0.25) is 0 Å². The van der Waals surface area contributed by atoms with E-state index in [0.29, 0.717) is 5.75 Å². The highest BCUT2D eigenvalue weighted by atomic mass is 16.6. The summed E-state index contributed by atoms with van der Waals surface area (Å²) in [6.07, 6.45) is -0.0928. The molecule has 104 valence electrons. The molecule has 0 aliphatic heterocycles. The molecule has 1 rings (SSSR count). The van der Waals surface area contributed by atoms with Crippen LogP contribution in [0.2, 0.25) is 0 Å². The van der Waals surface area contributed by atoms with E-state index < -0.39 is 18.0 Å². The van der Waals surface area contributed by atoms with Gasteiger partial charge in [0, 0.05) is 6.42 Å². The normalized spacial score (nSPS) is 11.6. The van der Waals surface area contributed by atoms with Crippen molar-refractivity contribution in [1.29, 1.82) is 0 Å². The number of rotatable bonds is 8. The third kappa shape index (κ3) is 6.42. The Labute approximate surface area is 111 Å². The zero-order valence-electron chi connectivity index (χ0n) is 10.5. The second-order valence-corrected chi connectivity index (χ2v) is 3.87. The van der Waals surface area contributed by atoms with Gasteiger partial charge in [0.1, 0.15) is 25.0 Å². The number of ether oxygens (including phenoxy) is 2. The topological polar surface area (TPSA) is 98.9 Å². The van der Waals surface area contributed by atoms with Crippen molar-refractivity contribution in [2.75, 3.05) is 13.2 Å². The van der Waals surface area contributed by atoms with Crippen LogP contribution in [0.1, 0.15) is 12.8 Å². The highest BCUT2D eigenvalue weighted by Gasteiger charge is 2.16. The number of benzene rings is 1. The Hall–Kier alpha value is -2.08. The molecule has 1 aromatic rings. The number of aliphatic carboxylic acids is 1. The van der Waals surface area contributed by atoms with Crippen LogP contribution in [0.15, 0.2) is 30.3 Å². The number of carbonyl (C=O) groups excluding carboxylic acids is 1. The summed E-state index contributed by atoms with van der Waals surface area (Å²) in [5.74, 6) is -0.915. The van der Waals surface area contributed by atoms with E-state index in [-0.39, 0.29) is 26.1 Å². The van der Waals surface area contributed by atoms with Gasteiger partial charge in [-0.1, -0.05) is 18.2 Å². The molecule has 6 nitrogen and oxygen atoms in total. The second kappa shape index (κ2) is 8.10. The van der Waals surface area contributed by atoms with Gasteiger partial charge >= 0.3 is 11.9 Å². The molecule has 6 heteroatoms. The smallest absolute Gasteiger partial charge is 0.323 e. The van der Waals surface area contributed by atoms with Crippen molar-refractivity contribution < 1.29 is 24.2 Å². The van der Waals surface area contributed by atoms with Crippen LogP contribution in [0.25, 0.3) is 0 Å². The number of esters is 1. The summed E-state index contributed by atoms with van der Waals surface area (Å²) in [5.41, 5.74) is 5.48. The number of nitrogens with two attached hydrogens (primary N) is 1. The first-order chi connectivity index (χ1) is 9.09. The van der Waals surface area contributed by atoms with Crippen LogP contribution in [-0.2, 0) is 14.3 Å². The highest BCUT2D eigenvalue weighted by Crippen LogP contribution is 2.07. The number of carboxylic acid groups (broad SMARTS) is 1. The Morgan fingerprint density at radius 3 is 2.53 bits per heavy atom. The Morgan fingerprint density at radius 2 is 1.89 bits per heavy atom. The van der Waals surface area contributed by atoms with Crippen molar-refractivity contribution in [3.8, 4) is 5.75 Å². The molecule has 0 aliphatic rings. The predicted octanol–water partition coefficient (Wildman–Crippen LogP) is 0.801. The maximum absolute atomic E-state index is 11.4. The fraction of sp³-hybridized carbons (Fsp3) is 0.385. The van der Waals surface area contributed by atoms with Gasteiger partial charge in [0.25, 0.3) is 0 Å². The van der Waals surface area contributed by atoms with Crippen LogP contribution in [0.4, 0.5) is 0 Å². The molecule has 0 bridgehead atoms. The van der Waals surface area contributed by atoms with E-state index in [1.807, 2.05) is 18.2 Å². The molecule has 0 radical (unpaired) electrons. The molecule has 0 aromatic heterocycles. The predicted molar refractivity (Wildman–Crippen MR) is 67.7 cm³/mol. The number of hydrogen-bond donors (Lipinski definition) is 2. The van der Waals surface area contributed by atoms with Crippen LogP contribution >= 0.6 is 0 Å². The van der Waals surface area contributed by atoms with Crippen LogP contribution in [0, 0.1) is 0 Å². The van der Waals surface area contributed by atoms with Crippen molar-refractivity contribution in [3.63, 3.8) is 0 Å². The zero-order valence-corrected chi connectivity index (χ0v) is 10.5. The molecule has 0 saturated heterocycles. The molecular weight excluding hydrogens is 250 g/mol. The Bertz CT molecular complexity index is 407. The highest BCUT2D eigenvalue weighted by molar-refractivity contribution is 5.76. The van der Waals surface area contributed by atoms with Gasteiger partial charge in [-0.05, 0) is 18.6 Å². The van der Waals surface area contributed by atoms with Gasteiger partial charge in [0.05, 0.1) is 0 Å². The van der Waals surface area contributed by atoms with E-state index in [0.717, 1.165) is 0 Å². The first-order valence-corrected chi connectivity index (χ1v) is 5.91. The minimum Gasteiger partial charge on any atom is -0.490 e. The van der Waals surface area contributed by atoms with E-state index in [4.69, 9.17) is 20.3 Å². The number of para-hydroxylation sites is 1. The molecule has 1 aromatic carbocycles. The van der Waals surface area contributed by atoms with Gasteiger partial charge < -0.3 is 20.3 Å². The minimum atomic E-state index is -0.990. The molecule has 0 unspecified atom stereocenters. The van der Waals surface area contributed by atoms with Crippen molar-refractivity contribution in [1.82, 2.24) is 0 Å². The average molecular weight is 267 g/mol. The lowest BCUT2D eigenvalue weighted by Crippen LogP contribution is -2.33. The third-order valence-electron chi connectivity index (χ3n) is 2.31. The zero-order chi connectivity index (χ0) is 14.1. The lowest BCUT2D eigenvalue weighted by molar-refractivity contribution is -0.146. The molecule has 19 heavy (non-hydrogen) atoms. The first-order valence-electron chi connectivity index (χ1n) is 5.91. The van der Waals surface area contributed by atoms with Crippen molar-refractivity contribution in [2.24, 2.45) is 5.73 Å². The van der Waals surface area contributed by atoms with E-state index >= 15 is 0 Å². The number of hydrogen-bond acceptors (Lipinski definition) is 5. The lowest BCUT2D eigenvalue weighted by Gasteiger charge is -2.11. The summed E-state index contributed by atoms with van der Waals surface area (Å²) < 4.78 is 10.2. The molecule has 1 atom stereocenters. The second-order valence-electron chi connectivity index (χ2n) is 3.87. The minimum absolute atomic E-state index is 0.0632. The summed E-state index contributed by atoms with van der Waals surface area (Å²) in [4.78, 5) is 21.7. The Kier molecular flexibility index (Phi) is 6.38. The fourth-order valence-corrected chi connectivity index (χ4v) is 1.32. The SMILES string of the molecule is N[C@@H](CCC(=O)O)C(=O)OCCOc1ccccc1. The summed E-state index contributed by atoms with van der Waals surface area (Å²) >= 11 is 0. The van der Waals surface area contributed by atoms with Crippen LogP contribution in [0.3, 0.4) is 0 Å². The molecule has 0 saturated carbocycles. The first kappa shape index (κ1) is 15.0. The monoisotopic (exact) mass is 267 g/mol. The number of carbonyl (C=O) groups is 2. The van der Waals surface area contributed by atoms with Gasteiger partial charge in [-0.15, -0.1) is 0 Å². The molecule has 0 amide bonds. The van der Waals surface area contributed by atoms with Gasteiger partial charge in [0.15, 0.2) is 0 Å². The van der Waals surface area contributed by atoms with Crippen molar-refractivity contribution in [3.05, 3.63) is 30.3 Å². The number of carboxylic acids is 1. The molecule has 0 aliphatic carbocycles. The van der Waals surface area contributed by atoms with Crippen molar-refractivity contribution >= 4 is 11.9 Å². The summed E-state index contributed by atoms with van der Waals surface area (Å²) in [6, 6.07) is 8.22. The van der Waals surface area contributed by atoms with E-state index in [1.165, 1.54) is 0 Å². The van der Waals surface area contributed by atoms with Crippen LogP contribution in [-0.4, -0.2) is 36.3 Å². The van der Waals surface area contributed by atoms with Gasteiger partial charge in [-0.3, -0.25) is 9.59 Å². The van der Waals surface area contributed by atoms with E-state index in [1.54, 1.807) is 12.1 Å². The third-order valence-corrected chi connectivity index (χ3v) is 2.31. The average Bonchev–Trinajstić information content (AvgIpc) is 2.41. The quantitative estimate of drug-likeness (QED) is 0.534. The largest absolute Gasteiger partial charge is 0.490 e. The molecular formula is C13H17NO5. The molecule has 0 spiro atoms. The summed E-state index contributed by atoms with van der Waals surface area (Å²) in [5, 5.41) is 8.46. The maximum atomic E-state index is 11.4. The standard InChI is InChI=1S/C13H17NO5/c14-11(6-7-12(15)16)13(17)19-9-8-18-10-4-2-1-3-5-10/h1-5,11H,6-9,14H2,(H,15,16)/t11-/m0/s1. The maximum Gasteiger partial charge on any atom is 0.323 e. The lowest BCUT2D eigenvalue weighted by atomic mass is 10.2. The van der Waals surface area contributed by atoms with Crippen molar-refractivity contribution in [2.45, 2.75) is 18.9 Å². The fourth-order valence-electron chi connectivity index (χ4n) is 1.32. The van der Waals surface area contributed by atoms with Gasteiger partial charge in [-0.2, -0.15) is 0 Å². The summed E-state index contributed by atoms with van der Waals surface area (Å²) in [7, 11) is 0. The van der Waals surface area contributed by atoms with E-state index in [2.05, 4.69) is 0 Å². The summed E-state index contributed by atoms with van der Waals surface area (Å²) in [6.45, 7) is 0.301. The molecule has 3 N–H and O–H groups in total.